The fourth-order valence-corrected chi connectivity index (χ4v) is 3.72. The molecule has 1 N–H and O–H groups in total. The average molecular weight is 321 g/mol. The largest absolute Gasteiger partial charge is 0.473 e. The Morgan fingerprint density at radius 2 is 2.38 bits per heavy atom. The third kappa shape index (κ3) is 3.74. The molecule has 0 aromatic carbocycles. The number of nitrogens with zero attached hydrogens (tertiary/aromatic N) is 2. The second-order valence-electron chi connectivity index (χ2n) is 4.74. The Balaban J connectivity index is 1.61. The zero-order chi connectivity index (χ0) is 14.7. The Morgan fingerprint density at radius 1 is 1.48 bits per heavy atom. The zero-order valence-corrected chi connectivity index (χ0v) is 13.2. The number of carbonyl (C=O) groups excluding carboxylic acids is 1. The van der Waals surface area contributed by atoms with Crippen molar-refractivity contribution in [2.75, 3.05) is 16.8 Å². The molecule has 2 aromatic heterocycles. The molecule has 0 radical (unpaired) electrons. The van der Waals surface area contributed by atoms with E-state index < -0.39 is 0 Å². The number of thioether (sulfide) groups is 1. The average Bonchev–Trinajstić information content (AvgIpc) is 3.12. The Labute approximate surface area is 131 Å². The van der Waals surface area contributed by atoms with E-state index in [2.05, 4.69) is 15.3 Å². The van der Waals surface area contributed by atoms with Crippen LogP contribution in [0.2, 0.25) is 0 Å². The van der Waals surface area contributed by atoms with Crippen molar-refractivity contribution in [1.29, 1.82) is 0 Å². The fraction of sp³-hybridized carbons (Fsp3) is 0.357. The lowest BCUT2D eigenvalue weighted by Gasteiger charge is -2.11. The lowest BCUT2D eigenvalue weighted by Crippen LogP contribution is -2.16. The van der Waals surface area contributed by atoms with E-state index >= 15 is 0 Å². The molecule has 0 bridgehead atoms. The third-order valence-electron chi connectivity index (χ3n) is 3.01. The quantitative estimate of drug-likeness (QED) is 0.938. The highest BCUT2D eigenvalue weighted by atomic mass is 32.2. The molecule has 3 heterocycles. The Hall–Kier alpha value is -1.60. The summed E-state index contributed by atoms with van der Waals surface area (Å²) in [5.74, 6) is 2.51. The fourth-order valence-electron chi connectivity index (χ4n) is 1.94. The summed E-state index contributed by atoms with van der Waals surface area (Å²) in [7, 11) is 0. The van der Waals surface area contributed by atoms with Crippen LogP contribution in [-0.2, 0) is 0 Å². The molecule has 3 rings (SSSR count). The molecule has 7 heteroatoms. The van der Waals surface area contributed by atoms with Crippen LogP contribution in [0.25, 0.3) is 0 Å². The number of pyridine rings is 1. The van der Waals surface area contributed by atoms with Gasteiger partial charge >= 0.3 is 0 Å². The topological polar surface area (TPSA) is 64.1 Å². The lowest BCUT2D eigenvalue weighted by atomic mass is 10.2. The summed E-state index contributed by atoms with van der Waals surface area (Å²) < 4.78 is 5.76. The van der Waals surface area contributed by atoms with Gasteiger partial charge in [-0.3, -0.25) is 10.1 Å². The first-order valence-corrected chi connectivity index (χ1v) is 8.68. The minimum atomic E-state index is -0.208. The first-order valence-electron chi connectivity index (χ1n) is 6.64. The van der Waals surface area contributed by atoms with E-state index in [9.17, 15) is 4.79 Å². The lowest BCUT2D eigenvalue weighted by molar-refractivity contribution is 0.102. The highest BCUT2D eigenvalue weighted by Crippen LogP contribution is 2.22. The summed E-state index contributed by atoms with van der Waals surface area (Å²) in [6.07, 6.45) is 2.83. The van der Waals surface area contributed by atoms with Crippen LogP contribution in [-0.4, -0.2) is 33.5 Å². The summed E-state index contributed by atoms with van der Waals surface area (Å²) in [5.41, 5.74) is 1.39. The minimum Gasteiger partial charge on any atom is -0.473 e. The zero-order valence-electron chi connectivity index (χ0n) is 11.5. The molecule has 1 aliphatic rings. The number of carbonyl (C=O) groups is 1. The van der Waals surface area contributed by atoms with Crippen molar-refractivity contribution in [2.24, 2.45) is 0 Å². The number of ether oxygens (including phenoxy) is 1. The number of nitrogens with one attached hydrogen (secondary N) is 1. The van der Waals surface area contributed by atoms with Crippen molar-refractivity contribution in [1.82, 2.24) is 9.97 Å². The van der Waals surface area contributed by atoms with Crippen molar-refractivity contribution >= 4 is 34.1 Å². The van der Waals surface area contributed by atoms with Crippen LogP contribution in [0.3, 0.4) is 0 Å². The first-order chi connectivity index (χ1) is 10.2. The Kier molecular flexibility index (Phi) is 4.40. The van der Waals surface area contributed by atoms with Gasteiger partial charge in [0.25, 0.3) is 5.91 Å². The van der Waals surface area contributed by atoms with Crippen molar-refractivity contribution in [3.05, 3.63) is 35.0 Å². The molecule has 0 aliphatic carbocycles. The van der Waals surface area contributed by atoms with Gasteiger partial charge in [-0.05, 0) is 25.2 Å². The van der Waals surface area contributed by atoms with Gasteiger partial charge in [-0.25, -0.2) is 9.97 Å². The smallest absolute Gasteiger partial charge is 0.259 e. The van der Waals surface area contributed by atoms with Crippen LogP contribution < -0.4 is 10.1 Å². The van der Waals surface area contributed by atoms with Gasteiger partial charge in [0.2, 0.25) is 5.88 Å². The van der Waals surface area contributed by atoms with Crippen LogP contribution in [0, 0.1) is 6.92 Å². The predicted molar refractivity (Wildman–Crippen MR) is 85.4 cm³/mol. The first kappa shape index (κ1) is 14.3. The highest BCUT2D eigenvalue weighted by molar-refractivity contribution is 7.99. The number of thiazole rings is 1. The monoisotopic (exact) mass is 321 g/mol. The van der Waals surface area contributed by atoms with Crippen molar-refractivity contribution in [3.63, 3.8) is 0 Å². The SMILES string of the molecule is Cc1csc(NC(=O)c2ccc(OC3CCSC3)nc2)n1. The van der Waals surface area contributed by atoms with E-state index in [-0.39, 0.29) is 12.0 Å². The predicted octanol–water partition coefficient (Wildman–Crippen LogP) is 2.98. The van der Waals surface area contributed by atoms with E-state index in [4.69, 9.17) is 4.74 Å². The maximum Gasteiger partial charge on any atom is 0.259 e. The van der Waals surface area contributed by atoms with Gasteiger partial charge in [-0.1, -0.05) is 0 Å². The molecule has 2 aromatic rings. The molecule has 5 nitrogen and oxygen atoms in total. The molecular weight excluding hydrogens is 306 g/mol. The summed E-state index contributed by atoms with van der Waals surface area (Å²) in [6, 6.07) is 3.46. The minimum absolute atomic E-state index is 0.208. The maximum absolute atomic E-state index is 12.1. The molecule has 0 saturated carbocycles. The molecule has 110 valence electrons. The van der Waals surface area contributed by atoms with Gasteiger partial charge in [0, 0.05) is 23.4 Å². The number of hydrogen-bond donors (Lipinski definition) is 1. The molecular formula is C14H15N3O2S2. The summed E-state index contributed by atoms with van der Waals surface area (Å²) in [5, 5.41) is 5.25. The van der Waals surface area contributed by atoms with Gasteiger partial charge in [0.05, 0.1) is 11.3 Å². The molecule has 1 aliphatic heterocycles. The number of aromatic nitrogens is 2. The summed E-state index contributed by atoms with van der Waals surface area (Å²) in [4.78, 5) is 20.5. The molecule has 1 unspecified atom stereocenters. The van der Waals surface area contributed by atoms with E-state index in [1.807, 2.05) is 24.1 Å². The molecule has 1 saturated heterocycles. The van der Waals surface area contributed by atoms with Crippen molar-refractivity contribution in [2.45, 2.75) is 19.4 Å². The van der Waals surface area contributed by atoms with E-state index in [0.29, 0.717) is 16.6 Å². The number of anilines is 1. The Morgan fingerprint density at radius 3 is 3.00 bits per heavy atom. The van der Waals surface area contributed by atoms with Gasteiger partial charge in [-0.2, -0.15) is 11.8 Å². The number of aryl methyl sites for hydroxylation is 1. The molecule has 1 amide bonds. The summed E-state index contributed by atoms with van der Waals surface area (Å²) in [6.45, 7) is 1.89. The van der Waals surface area contributed by atoms with Crippen molar-refractivity contribution < 1.29 is 9.53 Å². The van der Waals surface area contributed by atoms with Gasteiger partial charge in [0.1, 0.15) is 6.10 Å². The second-order valence-corrected chi connectivity index (χ2v) is 6.74. The van der Waals surface area contributed by atoms with Gasteiger partial charge in [0.15, 0.2) is 5.13 Å². The number of amides is 1. The van der Waals surface area contributed by atoms with Crippen molar-refractivity contribution in [3.8, 4) is 5.88 Å². The van der Waals surface area contributed by atoms with Crippen LogP contribution in [0.15, 0.2) is 23.7 Å². The van der Waals surface area contributed by atoms with E-state index in [1.54, 1.807) is 12.1 Å². The maximum atomic E-state index is 12.1. The van der Waals surface area contributed by atoms with Crippen LogP contribution in [0.4, 0.5) is 5.13 Å². The van der Waals surface area contributed by atoms with Crippen LogP contribution in [0.1, 0.15) is 22.5 Å². The van der Waals surface area contributed by atoms with E-state index in [0.717, 1.165) is 23.6 Å². The molecule has 1 atom stereocenters. The summed E-state index contributed by atoms with van der Waals surface area (Å²) >= 11 is 3.30. The number of hydrogen-bond acceptors (Lipinski definition) is 6. The van der Waals surface area contributed by atoms with Gasteiger partial charge in [-0.15, -0.1) is 11.3 Å². The van der Waals surface area contributed by atoms with Crippen LogP contribution in [0.5, 0.6) is 5.88 Å². The Bertz CT molecular complexity index is 621. The number of rotatable bonds is 4. The standard InChI is InChI=1S/C14H15N3O2S2/c1-9-7-21-14(16-9)17-13(18)10-2-3-12(15-6-10)19-11-4-5-20-8-11/h2-3,6-7,11H,4-5,8H2,1H3,(H,16,17,18). The molecule has 1 fully saturated rings. The van der Waals surface area contributed by atoms with Crippen LogP contribution >= 0.6 is 23.1 Å². The normalized spacial score (nSPS) is 17.7. The van der Waals surface area contributed by atoms with Gasteiger partial charge < -0.3 is 4.74 Å². The second kappa shape index (κ2) is 6.44. The molecule has 0 spiro atoms. The molecule has 21 heavy (non-hydrogen) atoms. The highest BCUT2D eigenvalue weighted by Gasteiger charge is 2.17. The van der Waals surface area contributed by atoms with E-state index in [1.165, 1.54) is 17.5 Å². The third-order valence-corrected chi connectivity index (χ3v) is 5.02.